The SMILES string of the molecule is COc1ccccc1C(=O)N1CCCN(C(=O)c2ccc(-n3nc(C)cc3C)nc2)CC1. The second-order valence-corrected chi connectivity index (χ2v) is 7.88. The Bertz CT molecular complexity index is 1120. The van der Waals surface area contributed by atoms with E-state index in [4.69, 9.17) is 4.74 Å². The molecule has 1 aromatic carbocycles. The summed E-state index contributed by atoms with van der Waals surface area (Å²) >= 11 is 0. The van der Waals surface area contributed by atoms with Crippen LogP contribution in [-0.2, 0) is 0 Å². The number of benzene rings is 1. The zero-order valence-corrected chi connectivity index (χ0v) is 18.6. The molecule has 0 bridgehead atoms. The van der Waals surface area contributed by atoms with Crippen molar-refractivity contribution in [3.8, 4) is 11.6 Å². The smallest absolute Gasteiger partial charge is 0.257 e. The highest BCUT2D eigenvalue weighted by Gasteiger charge is 2.25. The van der Waals surface area contributed by atoms with E-state index in [0.717, 1.165) is 11.4 Å². The lowest BCUT2D eigenvalue weighted by Gasteiger charge is -2.23. The molecule has 1 saturated heterocycles. The average Bonchev–Trinajstić information content (AvgIpc) is 3.01. The molecule has 32 heavy (non-hydrogen) atoms. The van der Waals surface area contributed by atoms with Crippen molar-refractivity contribution in [3.05, 3.63) is 71.2 Å². The molecule has 0 radical (unpaired) electrons. The van der Waals surface area contributed by atoms with Crippen molar-refractivity contribution in [1.82, 2.24) is 24.6 Å². The predicted molar refractivity (Wildman–Crippen MR) is 120 cm³/mol. The van der Waals surface area contributed by atoms with Crippen LogP contribution in [0.4, 0.5) is 0 Å². The minimum Gasteiger partial charge on any atom is -0.496 e. The van der Waals surface area contributed by atoms with Crippen molar-refractivity contribution < 1.29 is 14.3 Å². The summed E-state index contributed by atoms with van der Waals surface area (Å²) in [6.07, 6.45) is 2.31. The number of methoxy groups -OCH3 is 1. The van der Waals surface area contributed by atoms with Crippen LogP contribution in [0.2, 0.25) is 0 Å². The van der Waals surface area contributed by atoms with Gasteiger partial charge in [-0.05, 0) is 50.6 Å². The summed E-state index contributed by atoms with van der Waals surface area (Å²) in [6, 6.07) is 12.8. The van der Waals surface area contributed by atoms with E-state index < -0.39 is 0 Å². The first-order valence-corrected chi connectivity index (χ1v) is 10.7. The average molecular weight is 434 g/mol. The normalized spacial score (nSPS) is 14.2. The molecule has 8 heteroatoms. The van der Waals surface area contributed by atoms with Gasteiger partial charge in [0.05, 0.1) is 23.9 Å². The fourth-order valence-electron chi connectivity index (χ4n) is 4.00. The first-order chi connectivity index (χ1) is 15.5. The number of nitrogens with zero attached hydrogens (tertiary/aromatic N) is 5. The first-order valence-electron chi connectivity index (χ1n) is 10.7. The van der Waals surface area contributed by atoms with E-state index in [2.05, 4.69) is 10.1 Å². The van der Waals surface area contributed by atoms with Gasteiger partial charge in [0.2, 0.25) is 0 Å². The van der Waals surface area contributed by atoms with E-state index in [1.807, 2.05) is 38.1 Å². The van der Waals surface area contributed by atoms with E-state index in [1.165, 1.54) is 0 Å². The van der Waals surface area contributed by atoms with Crippen LogP contribution in [0.25, 0.3) is 5.82 Å². The van der Waals surface area contributed by atoms with Gasteiger partial charge in [0.1, 0.15) is 5.75 Å². The van der Waals surface area contributed by atoms with E-state index >= 15 is 0 Å². The van der Waals surface area contributed by atoms with Gasteiger partial charge < -0.3 is 14.5 Å². The fraction of sp³-hybridized carbons (Fsp3) is 0.333. The lowest BCUT2D eigenvalue weighted by atomic mass is 10.1. The largest absolute Gasteiger partial charge is 0.496 e. The number of hydrogen-bond acceptors (Lipinski definition) is 5. The lowest BCUT2D eigenvalue weighted by Crippen LogP contribution is -2.37. The summed E-state index contributed by atoms with van der Waals surface area (Å²) in [5, 5.41) is 4.43. The third-order valence-corrected chi connectivity index (χ3v) is 5.63. The van der Waals surface area contributed by atoms with Gasteiger partial charge in [0, 0.05) is 38.1 Å². The van der Waals surface area contributed by atoms with Crippen molar-refractivity contribution in [2.24, 2.45) is 0 Å². The molecular weight excluding hydrogens is 406 g/mol. The number of ether oxygens (including phenoxy) is 1. The molecule has 1 aliphatic heterocycles. The molecule has 1 aliphatic rings. The molecule has 0 saturated carbocycles. The van der Waals surface area contributed by atoms with Crippen LogP contribution in [0.3, 0.4) is 0 Å². The quantitative estimate of drug-likeness (QED) is 0.632. The summed E-state index contributed by atoms with van der Waals surface area (Å²) in [4.78, 5) is 34.1. The molecule has 166 valence electrons. The summed E-state index contributed by atoms with van der Waals surface area (Å²) in [6.45, 7) is 6.03. The summed E-state index contributed by atoms with van der Waals surface area (Å²) in [5.41, 5.74) is 2.97. The van der Waals surface area contributed by atoms with E-state index in [1.54, 1.807) is 46.0 Å². The van der Waals surface area contributed by atoms with E-state index in [-0.39, 0.29) is 11.8 Å². The minimum atomic E-state index is -0.0796. The highest BCUT2D eigenvalue weighted by atomic mass is 16.5. The molecule has 2 amide bonds. The molecule has 0 aliphatic carbocycles. The van der Waals surface area contributed by atoms with Gasteiger partial charge in [-0.3, -0.25) is 9.59 Å². The molecule has 1 fully saturated rings. The van der Waals surface area contributed by atoms with Crippen LogP contribution < -0.4 is 4.74 Å². The Labute approximate surface area is 187 Å². The molecule has 3 heterocycles. The Morgan fingerprint density at radius 1 is 0.938 bits per heavy atom. The number of amides is 2. The summed E-state index contributed by atoms with van der Waals surface area (Å²) in [7, 11) is 1.56. The van der Waals surface area contributed by atoms with Gasteiger partial charge in [0.25, 0.3) is 11.8 Å². The zero-order valence-electron chi connectivity index (χ0n) is 18.6. The van der Waals surface area contributed by atoms with Gasteiger partial charge in [0.15, 0.2) is 5.82 Å². The van der Waals surface area contributed by atoms with Gasteiger partial charge >= 0.3 is 0 Å². The predicted octanol–water partition coefficient (Wildman–Crippen LogP) is 2.88. The number of pyridine rings is 1. The summed E-state index contributed by atoms with van der Waals surface area (Å²) < 4.78 is 7.09. The number of carbonyl (C=O) groups is 2. The van der Waals surface area contributed by atoms with Crippen molar-refractivity contribution in [1.29, 1.82) is 0 Å². The maximum atomic E-state index is 13.1. The molecule has 8 nitrogen and oxygen atoms in total. The molecule has 0 unspecified atom stereocenters. The van der Waals surface area contributed by atoms with Crippen molar-refractivity contribution in [2.45, 2.75) is 20.3 Å². The van der Waals surface area contributed by atoms with Gasteiger partial charge in [-0.15, -0.1) is 0 Å². The second kappa shape index (κ2) is 9.21. The fourth-order valence-corrected chi connectivity index (χ4v) is 4.00. The Balaban J connectivity index is 1.43. The third-order valence-electron chi connectivity index (χ3n) is 5.63. The molecule has 0 spiro atoms. The van der Waals surface area contributed by atoms with Gasteiger partial charge in [-0.1, -0.05) is 12.1 Å². The first kappa shape index (κ1) is 21.5. The Hall–Kier alpha value is -3.68. The zero-order chi connectivity index (χ0) is 22.7. The van der Waals surface area contributed by atoms with Gasteiger partial charge in [-0.2, -0.15) is 5.10 Å². The lowest BCUT2D eigenvalue weighted by molar-refractivity contribution is 0.0716. The molecule has 4 rings (SSSR count). The van der Waals surface area contributed by atoms with Gasteiger partial charge in [-0.25, -0.2) is 9.67 Å². The molecule has 0 N–H and O–H groups in total. The standard InChI is InChI=1S/C24H27N5O3/c1-17-15-18(2)29(26-17)22-10-9-19(16-25-22)23(30)27-11-6-12-28(14-13-27)24(31)20-7-4-5-8-21(20)32-3/h4-5,7-10,15-16H,6,11-14H2,1-3H3. The number of carbonyl (C=O) groups excluding carboxylic acids is 2. The number of aryl methyl sites for hydroxylation is 2. The van der Waals surface area contributed by atoms with E-state index in [9.17, 15) is 9.59 Å². The number of rotatable bonds is 4. The van der Waals surface area contributed by atoms with Crippen LogP contribution in [0.1, 0.15) is 38.5 Å². The van der Waals surface area contributed by atoms with E-state index in [0.29, 0.717) is 55.3 Å². The molecule has 2 aromatic heterocycles. The van der Waals surface area contributed by atoms with Crippen LogP contribution in [0.15, 0.2) is 48.7 Å². The third kappa shape index (κ3) is 4.34. The topological polar surface area (TPSA) is 80.6 Å². The summed E-state index contributed by atoms with van der Waals surface area (Å²) in [5.74, 6) is 1.08. The maximum Gasteiger partial charge on any atom is 0.257 e. The monoisotopic (exact) mass is 433 g/mol. The Kier molecular flexibility index (Phi) is 6.20. The number of hydrogen-bond donors (Lipinski definition) is 0. The maximum absolute atomic E-state index is 13.1. The molecule has 3 aromatic rings. The number of para-hydroxylation sites is 1. The number of aromatic nitrogens is 3. The van der Waals surface area contributed by atoms with Crippen LogP contribution in [0, 0.1) is 13.8 Å². The van der Waals surface area contributed by atoms with Crippen LogP contribution in [-0.4, -0.2) is 69.7 Å². The van der Waals surface area contributed by atoms with Crippen LogP contribution in [0.5, 0.6) is 5.75 Å². The van der Waals surface area contributed by atoms with Crippen molar-refractivity contribution in [2.75, 3.05) is 33.3 Å². The minimum absolute atomic E-state index is 0.0762. The Morgan fingerprint density at radius 2 is 1.66 bits per heavy atom. The highest BCUT2D eigenvalue weighted by Crippen LogP contribution is 2.20. The van der Waals surface area contributed by atoms with Crippen LogP contribution >= 0.6 is 0 Å². The molecule has 0 atom stereocenters. The Morgan fingerprint density at radius 3 is 2.28 bits per heavy atom. The van der Waals surface area contributed by atoms with Crippen molar-refractivity contribution >= 4 is 11.8 Å². The van der Waals surface area contributed by atoms with Crippen molar-refractivity contribution in [3.63, 3.8) is 0 Å². The highest BCUT2D eigenvalue weighted by molar-refractivity contribution is 5.97. The molecular formula is C24H27N5O3. The second-order valence-electron chi connectivity index (χ2n) is 7.88.